The lowest BCUT2D eigenvalue weighted by Gasteiger charge is -2.23. The second kappa shape index (κ2) is 12.7. The maximum atomic E-state index is 13.1. The second-order valence-corrected chi connectivity index (χ2v) is 7.48. The van der Waals surface area contributed by atoms with Crippen molar-refractivity contribution in [2.75, 3.05) is 0 Å². The summed E-state index contributed by atoms with van der Waals surface area (Å²) in [7, 11) is 0. The molecule has 0 saturated carbocycles. The predicted octanol–water partition coefficient (Wildman–Crippen LogP) is 2.96. The van der Waals surface area contributed by atoms with Crippen molar-refractivity contribution < 1.29 is 19.1 Å². The molecule has 2 atom stereocenters. The van der Waals surface area contributed by atoms with Gasteiger partial charge in [-0.15, -0.1) is 0 Å². The molecule has 0 radical (unpaired) electrons. The highest BCUT2D eigenvalue weighted by molar-refractivity contribution is 5.86. The second-order valence-electron chi connectivity index (χ2n) is 7.48. The molecular weight excluding hydrogens is 418 g/mol. The number of nitrogens with one attached hydrogen (secondary N) is 3. The summed E-state index contributed by atoms with van der Waals surface area (Å²) in [6.45, 7) is 0.0929. The Kier molecular flexibility index (Phi) is 9.03. The quantitative estimate of drug-likeness (QED) is 0.312. The molecule has 0 aliphatic rings. The van der Waals surface area contributed by atoms with Crippen molar-refractivity contribution >= 4 is 18.4 Å². The van der Waals surface area contributed by atoms with Gasteiger partial charge in [-0.3, -0.25) is 9.59 Å². The third-order valence-corrected chi connectivity index (χ3v) is 4.97. The molecule has 0 aromatic heterocycles. The van der Waals surface area contributed by atoms with E-state index in [1.807, 2.05) is 91.0 Å². The first kappa shape index (κ1) is 23.5. The van der Waals surface area contributed by atoms with Crippen LogP contribution in [0.25, 0.3) is 0 Å². The monoisotopic (exact) mass is 445 g/mol. The summed E-state index contributed by atoms with van der Waals surface area (Å²) < 4.78 is 5.29. The van der Waals surface area contributed by atoms with E-state index in [4.69, 9.17) is 4.74 Å². The van der Waals surface area contributed by atoms with Crippen molar-refractivity contribution in [1.29, 1.82) is 0 Å². The van der Waals surface area contributed by atoms with Gasteiger partial charge in [-0.25, -0.2) is 4.79 Å². The number of rotatable bonds is 11. The summed E-state index contributed by atoms with van der Waals surface area (Å²) in [4.78, 5) is 36.6. The molecular formula is C26H27N3O4. The molecule has 0 fully saturated rings. The molecule has 3 aromatic carbocycles. The minimum Gasteiger partial charge on any atom is -0.445 e. The van der Waals surface area contributed by atoms with E-state index < -0.39 is 24.2 Å². The van der Waals surface area contributed by atoms with Crippen molar-refractivity contribution in [3.63, 3.8) is 0 Å². The molecule has 3 rings (SSSR count). The van der Waals surface area contributed by atoms with Crippen LogP contribution in [0.1, 0.15) is 16.7 Å². The number of hydrogen-bond acceptors (Lipinski definition) is 4. The van der Waals surface area contributed by atoms with Crippen LogP contribution < -0.4 is 16.0 Å². The predicted molar refractivity (Wildman–Crippen MR) is 125 cm³/mol. The Morgan fingerprint density at radius 3 is 1.79 bits per heavy atom. The Labute approximate surface area is 193 Å². The minimum absolute atomic E-state index is 0.0929. The zero-order valence-electron chi connectivity index (χ0n) is 18.1. The highest BCUT2D eigenvalue weighted by atomic mass is 16.5. The van der Waals surface area contributed by atoms with Crippen LogP contribution in [0.5, 0.6) is 0 Å². The molecule has 7 heteroatoms. The summed E-state index contributed by atoms with van der Waals surface area (Å²) in [6.07, 6.45) is -0.105. The van der Waals surface area contributed by atoms with E-state index in [2.05, 4.69) is 16.0 Å². The Hall–Kier alpha value is -4.13. The van der Waals surface area contributed by atoms with Gasteiger partial charge in [0, 0.05) is 12.8 Å². The molecule has 0 aliphatic heterocycles. The molecule has 0 heterocycles. The molecule has 0 spiro atoms. The standard InChI is InChI=1S/C26H27N3O4/c30-19-27-24(17-21-12-6-2-7-13-21)29-25(31)23(16-20-10-4-1-5-11-20)28-26(32)33-18-22-14-8-3-9-15-22/h1-15,19,23-24H,16-18H2,(H,27,30)(H,28,32)(H,29,31)/t23-,24-/m0/s1. The number of benzene rings is 3. The number of carbonyl (C=O) groups excluding carboxylic acids is 3. The van der Waals surface area contributed by atoms with E-state index in [0.717, 1.165) is 16.7 Å². The third kappa shape index (κ3) is 8.14. The molecule has 170 valence electrons. The van der Waals surface area contributed by atoms with Gasteiger partial charge in [0.1, 0.15) is 18.8 Å². The maximum Gasteiger partial charge on any atom is 0.408 e. The summed E-state index contributed by atoms with van der Waals surface area (Å²) in [5.41, 5.74) is 2.67. The van der Waals surface area contributed by atoms with Gasteiger partial charge in [-0.2, -0.15) is 0 Å². The summed E-state index contributed by atoms with van der Waals surface area (Å²) in [5, 5.41) is 8.10. The van der Waals surface area contributed by atoms with E-state index in [9.17, 15) is 14.4 Å². The number of alkyl carbamates (subject to hydrolysis) is 1. The lowest BCUT2D eigenvalue weighted by atomic mass is 10.0. The van der Waals surface area contributed by atoms with Crippen molar-refractivity contribution in [3.8, 4) is 0 Å². The highest BCUT2D eigenvalue weighted by Crippen LogP contribution is 2.07. The fraction of sp³-hybridized carbons (Fsp3) is 0.192. The Morgan fingerprint density at radius 2 is 1.24 bits per heavy atom. The average molecular weight is 446 g/mol. The lowest BCUT2D eigenvalue weighted by molar-refractivity contribution is -0.124. The van der Waals surface area contributed by atoms with Crippen LogP contribution in [-0.2, 0) is 33.8 Å². The first-order valence-corrected chi connectivity index (χ1v) is 10.7. The first-order valence-electron chi connectivity index (χ1n) is 10.7. The molecule has 0 aliphatic carbocycles. The minimum atomic E-state index is -0.887. The van der Waals surface area contributed by atoms with Gasteiger partial charge in [0.15, 0.2) is 0 Å². The Morgan fingerprint density at radius 1 is 0.727 bits per heavy atom. The van der Waals surface area contributed by atoms with Crippen LogP contribution >= 0.6 is 0 Å². The molecule has 0 unspecified atom stereocenters. The fourth-order valence-electron chi connectivity index (χ4n) is 3.32. The largest absolute Gasteiger partial charge is 0.445 e. The first-order chi connectivity index (χ1) is 16.1. The van der Waals surface area contributed by atoms with Crippen LogP contribution in [0.2, 0.25) is 0 Å². The van der Waals surface area contributed by atoms with Crippen molar-refractivity contribution in [2.24, 2.45) is 0 Å². The number of amides is 3. The van der Waals surface area contributed by atoms with Gasteiger partial charge >= 0.3 is 6.09 Å². The topological polar surface area (TPSA) is 96.5 Å². The molecule has 3 N–H and O–H groups in total. The zero-order valence-corrected chi connectivity index (χ0v) is 18.1. The van der Waals surface area contributed by atoms with Crippen LogP contribution in [0.3, 0.4) is 0 Å². The van der Waals surface area contributed by atoms with Crippen LogP contribution in [-0.4, -0.2) is 30.6 Å². The molecule has 3 aromatic rings. The molecule has 33 heavy (non-hydrogen) atoms. The SMILES string of the molecule is O=CN[C@H](Cc1ccccc1)NC(=O)[C@H](Cc1ccccc1)NC(=O)OCc1ccccc1. The van der Waals surface area contributed by atoms with E-state index in [1.165, 1.54) is 0 Å². The molecule has 7 nitrogen and oxygen atoms in total. The normalized spacial score (nSPS) is 12.1. The Bertz CT molecular complexity index is 1010. The van der Waals surface area contributed by atoms with Gasteiger partial charge < -0.3 is 20.7 Å². The molecule has 3 amide bonds. The van der Waals surface area contributed by atoms with Gasteiger partial charge in [-0.1, -0.05) is 91.0 Å². The highest BCUT2D eigenvalue weighted by Gasteiger charge is 2.24. The number of carbonyl (C=O) groups is 3. The molecule has 0 bridgehead atoms. The van der Waals surface area contributed by atoms with Crippen LogP contribution in [0, 0.1) is 0 Å². The van der Waals surface area contributed by atoms with Crippen molar-refractivity contribution in [1.82, 2.24) is 16.0 Å². The van der Waals surface area contributed by atoms with E-state index >= 15 is 0 Å². The van der Waals surface area contributed by atoms with E-state index in [-0.39, 0.29) is 13.0 Å². The van der Waals surface area contributed by atoms with Crippen LogP contribution in [0.4, 0.5) is 4.79 Å². The summed E-state index contributed by atoms with van der Waals surface area (Å²) in [6, 6.07) is 27.2. The van der Waals surface area contributed by atoms with Crippen molar-refractivity contribution in [2.45, 2.75) is 31.7 Å². The average Bonchev–Trinajstić information content (AvgIpc) is 2.84. The third-order valence-electron chi connectivity index (χ3n) is 4.97. The fourth-order valence-corrected chi connectivity index (χ4v) is 3.32. The van der Waals surface area contributed by atoms with Gasteiger partial charge in [0.05, 0.1) is 0 Å². The maximum absolute atomic E-state index is 13.1. The van der Waals surface area contributed by atoms with Gasteiger partial charge in [0.25, 0.3) is 0 Å². The Balaban J connectivity index is 1.66. The summed E-state index contributed by atoms with van der Waals surface area (Å²) in [5.74, 6) is -0.425. The van der Waals surface area contributed by atoms with Gasteiger partial charge in [-0.05, 0) is 16.7 Å². The zero-order chi connectivity index (χ0) is 23.3. The lowest BCUT2D eigenvalue weighted by Crippen LogP contribution is -2.54. The number of ether oxygens (including phenoxy) is 1. The van der Waals surface area contributed by atoms with Crippen LogP contribution in [0.15, 0.2) is 91.0 Å². The summed E-state index contributed by atoms with van der Waals surface area (Å²) >= 11 is 0. The number of hydrogen-bond donors (Lipinski definition) is 3. The smallest absolute Gasteiger partial charge is 0.408 e. The van der Waals surface area contributed by atoms with E-state index in [1.54, 1.807) is 0 Å². The molecule has 0 saturated heterocycles. The van der Waals surface area contributed by atoms with E-state index in [0.29, 0.717) is 12.8 Å². The van der Waals surface area contributed by atoms with Crippen molar-refractivity contribution in [3.05, 3.63) is 108 Å². The van der Waals surface area contributed by atoms with Gasteiger partial charge in [0.2, 0.25) is 12.3 Å².